The molecule has 98 valence electrons. The van der Waals surface area contributed by atoms with Crippen LogP contribution in [0.3, 0.4) is 0 Å². The third-order valence-corrected chi connectivity index (χ3v) is 2.70. The van der Waals surface area contributed by atoms with Crippen LogP contribution in [0.25, 0.3) is 6.08 Å². The number of methoxy groups -OCH3 is 1. The van der Waals surface area contributed by atoms with Crippen molar-refractivity contribution in [2.75, 3.05) is 25.1 Å². The minimum absolute atomic E-state index is 0.481. The lowest BCUT2D eigenvalue weighted by Crippen LogP contribution is -2.22. The van der Waals surface area contributed by atoms with Gasteiger partial charge in [-0.1, -0.05) is 6.07 Å². The standard InChI is InChI=1S/C13H18N2O3/c1-4-14(5-2)12-7-6-11(8-9-15(16)17)10-13(12)18-3/h6-10H,4-5H2,1-3H3. The molecule has 1 rings (SSSR count). The Bertz CT molecular complexity index is 440. The highest BCUT2D eigenvalue weighted by atomic mass is 16.6. The number of ether oxygens (including phenoxy) is 1. The van der Waals surface area contributed by atoms with E-state index in [-0.39, 0.29) is 0 Å². The first-order valence-corrected chi connectivity index (χ1v) is 5.87. The molecule has 0 radical (unpaired) electrons. The first-order valence-electron chi connectivity index (χ1n) is 5.87. The van der Waals surface area contributed by atoms with E-state index in [1.54, 1.807) is 13.2 Å². The maximum Gasteiger partial charge on any atom is 0.235 e. The first-order chi connectivity index (χ1) is 8.62. The average Bonchev–Trinajstić information content (AvgIpc) is 2.38. The predicted molar refractivity (Wildman–Crippen MR) is 72.6 cm³/mol. The molecule has 18 heavy (non-hydrogen) atoms. The van der Waals surface area contributed by atoms with Gasteiger partial charge < -0.3 is 9.64 Å². The Morgan fingerprint density at radius 2 is 2.06 bits per heavy atom. The molecule has 0 unspecified atom stereocenters. The van der Waals surface area contributed by atoms with Crippen LogP contribution in [0.1, 0.15) is 19.4 Å². The number of nitrogens with zero attached hydrogens (tertiary/aromatic N) is 2. The Hall–Kier alpha value is -2.04. The van der Waals surface area contributed by atoms with Gasteiger partial charge in [0, 0.05) is 19.2 Å². The van der Waals surface area contributed by atoms with Crippen LogP contribution in [0.2, 0.25) is 0 Å². The van der Waals surface area contributed by atoms with E-state index in [2.05, 4.69) is 18.7 Å². The average molecular weight is 250 g/mol. The smallest absolute Gasteiger partial charge is 0.235 e. The second-order valence-corrected chi connectivity index (χ2v) is 3.70. The van der Waals surface area contributed by atoms with E-state index < -0.39 is 4.92 Å². The van der Waals surface area contributed by atoms with Gasteiger partial charge >= 0.3 is 0 Å². The summed E-state index contributed by atoms with van der Waals surface area (Å²) < 4.78 is 5.33. The van der Waals surface area contributed by atoms with E-state index in [0.717, 1.165) is 36.3 Å². The van der Waals surface area contributed by atoms with E-state index >= 15 is 0 Å². The molecule has 5 nitrogen and oxygen atoms in total. The van der Waals surface area contributed by atoms with Crippen molar-refractivity contribution in [2.45, 2.75) is 13.8 Å². The lowest BCUT2D eigenvalue weighted by molar-refractivity contribution is -0.400. The molecule has 0 aliphatic carbocycles. The Kier molecular flexibility index (Phi) is 5.17. The number of anilines is 1. The molecule has 0 saturated carbocycles. The SMILES string of the molecule is CCN(CC)c1ccc(C=C[N+](=O)[O-])cc1OC. The van der Waals surface area contributed by atoms with Crippen molar-refractivity contribution < 1.29 is 9.66 Å². The minimum Gasteiger partial charge on any atom is -0.495 e. The van der Waals surface area contributed by atoms with Gasteiger partial charge in [-0.15, -0.1) is 0 Å². The third-order valence-electron chi connectivity index (χ3n) is 2.70. The number of nitro groups is 1. The van der Waals surface area contributed by atoms with Crippen LogP contribution in [0, 0.1) is 10.1 Å². The second-order valence-electron chi connectivity index (χ2n) is 3.70. The minimum atomic E-state index is -0.481. The first kappa shape index (κ1) is 14.0. The summed E-state index contributed by atoms with van der Waals surface area (Å²) in [6.45, 7) is 5.92. The van der Waals surface area contributed by atoms with Gasteiger partial charge in [-0.3, -0.25) is 10.1 Å². The summed E-state index contributed by atoms with van der Waals surface area (Å²) in [4.78, 5) is 12.0. The van der Waals surface area contributed by atoms with E-state index in [4.69, 9.17) is 4.74 Å². The Labute approximate surface area is 107 Å². The van der Waals surface area contributed by atoms with Crippen LogP contribution >= 0.6 is 0 Å². The van der Waals surface area contributed by atoms with E-state index in [9.17, 15) is 10.1 Å². The zero-order valence-corrected chi connectivity index (χ0v) is 10.9. The highest BCUT2D eigenvalue weighted by molar-refractivity contribution is 5.64. The molecule has 0 N–H and O–H groups in total. The molecule has 0 amide bonds. The van der Waals surface area contributed by atoms with Crippen LogP contribution in [0.15, 0.2) is 24.4 Å². The van der Waals surface area contributed by atoms with Gasteiger partial charge in [0.25, 0.3) is 0 Å². The maximum atomic E-state index is 10.3. The molecule has 0 saturated heterocycles. The van der Waals surface area contributed by atoms with Crippen LogP contribution in [-0.2, 0) is 0 Å². The van der Waals surface area contributed by atoms with Crippen molar-refractivity contribution in [3.8, 4) is 5.75 Å². The highest BCUT2D eigenvalue weighted by Gasteiger charge is 2.09. The van der Waals surface area contributed by atoms with Crippen LogP contribution < -0.4 is 9.64 Å². The molecule has 0 spiro atoms. The molecule has 0 aromatic heterocycles. The zero-order chi connectivity index (χ0) is 13.5. The third kappa shape index (κ3) is 3.48. The monoisotopic (exact) mass is 250 g/mol. The quantitative estimate of drug-likeness (QED) is 0.575. The highest BCUT2D eigenvalue weighted by Crippen LogP contribution is 2.29. The van der Waals surface area contributed by atoms with Gasteiger partial charge in [-0.05, 0) is 31.5 Å². The van der Waals surface area contributed by atoms with Crippen molar-refractivity contribution in [3.05, 3.63) is 40.1 Å². The lowest BCUT2D eigenvalue weighted by atomic mass is 10.1. The largest absolute Gasteiger partial charge is 0.495 e. The molecule has 5 heteroatoms. The van der Waals surface area contributed by atoms with Gasteiger partial charge in [0.2, 0.25) is 6.20 Å². The fourth-order valence-electron chi connectivity index (χ4n) is 1.77. The normalized spacial score (nSPS) is 10.6. The molecule has 0 aliphatic rings. The van der Waals surface area contributed by atoms with Crippen molar-refractivity contribution in [1.29, 1.82) is 0 Å². The fraction of sp³-hybridized carbons (Fsp3) is 0.385. The molecule has 0 fully saturated rings. The summed E-state index contributed by atoms with van der Waals surface area (Å²) in [6.07, 6.45) is 2.38. The topological polar surface area (TPSA) is 55.6 Å². The van der Waals surface area contributed by atoms with Crippen molar-refractivity contribution in [3.63, 3.8) is 0 Å². The Morgan fingerprint density at radius 1 is 1.39 bits per heavy atom. The van der Waals surface area contributed by atoms with Gasteiger partial charge in [-0.2, -0.15) is 0 Å². The molecular weight excluding hydrogens is 232 g/mol. The summed E-state index contributed by atoms with van der Waals surface area (Å²) in [7, 11) is 1.60. The van der Waals surface area contributed by atoms with Gasteiger partial charge in [-0.25, -0.2) is 0 Å². The molecule has 1 aromatic rings. The summed E-state index contributed by atoms with van der Waals surface area (Å²) in [5, 5.41) is 10.3. The predicted octanol–water partition coefficient (Wildman–Crippen LogP) is 2.79. The van der Waals surface area contributed by atoms with Gasteiger partial charge in [0.05, 0.1) is 17.7 Å². The number of benzene rings is 1. The Balaban J connectivity index is 3.06. The van der Waals surface area contributed by atoms with E-state index in [0.29, 0.717) is 0 Å². The Morgan fingerprint density at radius 3 is 2.56 bits per heavy atom. The number of hydrogen-bond acceptors (Lipinski definition) is 4. The maximum absolute atomic E-state index is 10.3. The van der Waals surface area contributed by atoms with Crippen molar-refractivity contribution >= 4 is 11.8 Å². The molecule has 0 atom stereocenters. The zero-order valence-electron chi connectivity index (χ0n) is 10.9. The summed E-state index contributed by atoms with van der Waals surface area (Å²) >= 11 is 0. The van der Waals surface area contributed by atoms with E-state index in [1.807, 2.05) is 12.1 Å². The lowest BCUT2D eigenvalue weighted by Gasteiger charge is -2.23. The molecule has 0 aliphatic heterocycles. The summed E-state index contributed by atoms with van der Waals surface area (Å²) in [5.74, 6) is 0.726. The van der Waals surface area contributed by atoms with E-state index in [1.165, 1.54) is 6.08 Å². The molecule has 1 aromatic carbocycles. The fourth-order valence-corrected chi connectivity index (χ4v) is 1.77. The van der Waals surface area contributed by atoms with Crippen LogP contribution in [0.4, 0.5) is 5.69 Å². The number of rotatable bonds is 6. The van der Waals surface area contributed by atoms with Crippen LogP contribution in [0.5, 0.6) is 5.75 Å². The van der Waals surface area contributed by atoms with Crippen LogP contribution in [-0.4, -0.2) is 25.1 Å². The van der Waals surface area contributed by atoms with Gasteiger partial charge in [0.1, 0.15) is 5.75 Å². The molecule has 0 heterocycles. The second kappa shape index (κ2) is 6.64. The molecular formula is C13H18N2O3. The van der Waals surface area contributed by atoms with Crippen molar-refractivity contribution in [1.82, 2.24) is 0 Å². The van der Waals surface area contributed by atoms with Crippen molar-refractivity contribution in [2.24, 2.45) is 0 Å². The van der Waals surface area contributed by atoms with Gasteiger partial charge in [0.15, 0.2) is 0 Å². The summed E-state index contributed by atoms with van der Waals surface area (Å²) in [6, 6.07) is 5.56. The molecule has 0 bridgehead atoms. The number of hydrogen-bond donors (Lipinski definition) is 0. The summed E-state index contributed by atoms with van der Waals surface area (Å²) in [5.41, 5.74) is 1.75.